The van der Waals surface area contributed by atoms with Gasteiger partial charge in [-0.25, -0.2) is 4.79 Å². The Morgan fingerprint density at radius 3 is 2.19 bits per heavy atom. The molecule has 1 aromatic rings. The average Bonchev–Trinajstić information content (AvgIpc) is 2.55. The molecule has 0 fully saturated rings. The van der Waals surface area contributed by atoms with Crippen LogP contribution in [0.5, 0.6) is 0 Å². The lowest BCUT2D eigenvalue weighted by Gasteiger charge is -2.26. The van der Waals surface area contributed by atoms with Crippen LogP contribution in [0.15, 0.2) is 24.3 Å². The molecular weight excluding hydrogens is 204 g/mol. The van der Waals surface area contributed by atoms with Crippen molar-refractivity contribution >= 4 is 5.97 Å². The highest BCUT2D eigenvalue weighted by molar-refractivity contribution is 5.80. The number of rotatable bonds is 3. The van der Waals surface area contributed by atoms with E-state index in [0.717, 1.165) is 11.1 Å². The van der Waals surface area contributed by atoms with Gasteiger partial charge in [-0.05, 0) is 25.0 Å². The molecule has 0 saturated carbocycles. The van der Waals surface area contributed by atoms with Crippen molar-refractivity contribution in [1.82, 2.24) is 0 Å². The van der Waals surface area contributed by atoms with E-state index in [4.69, 9.17) is 4.74 Å². The summed E-state index contributed by atoms with van der Waals surface area (Å²) in [5.74, 6) is -0.864. The minimum atomic E-state index is -1.06. The fourth-order valence-electron chi connectivity index (χ4n) is 2.32. The molecule has 16 heavy (non-hydrogen) atoms. The molecule has 0 bridgehead atoms. The van der Waals surface area contributed by atoms with E-state index >= 15 is 0 Å². The monoisotopic (exact) mass is 220 g/mol. The zero-order valence-electron chi connectivity index (χ0n) is 9.56. The molecule has 0 atom stereocenters. The normalized spacial score (nSPS) is 17.4. The predicted molar refractivity (Wildman–Crippen MR) is 60.4 cm³/mol. The summed E-state index contributed by atoms with van der Waals surface area (Å²) in [6.07, 6.45) is 0.860. The number of carboxylic acids is 1. The van der Waals surface area contributed by atoms with Crippen molar-refractivity contribution in [2.45, 2.75) is 38.4 Å². The zero-order valence-corrected chi connectivity index (χ0v) is 9.56. The number of carbonyl (C=O) groups is 1. The third-order valence-electron chi connectivity index (χ3n) is 2.92. The van der Waals surface area contributed by atoms with Crippen LogP contribution in [0.3, 0.4) is 0 Å². The van der Waals surface area contributed by atoms with Gasteiger partial charge in [-0.3, -0.25) is 0 Å². The van der Waals surface area contributed by atoms with Gasteiger partial charge in [0.15, 0.2) is 5.60 Å². The van der Waals surface area contributed by atoms with Gasteiger partial charge in [-0.1, -0.05) is 24.3 Å². The van der Waals surface area contributed by atoms with Gasteiger partial charge in [-0.15, -0.1) is 0 Å². The largest absolute Gasteiger partial charge is 0.479 e. The lowest BCUT2D eigenvalue weighted by molar-refractivity contribution is -0.170. The Labute approximate surface area is 95.0 Å². The molecule has 3 nitrogen and oxygen atoms in total. The minimum Gasteiger partial charge on any atom is -0.479 e. The molecule has 0 aromatic heterocycles. The Balaban J connectivity index is 2.31. The number of hydrogen-bond donors (Lipinski definition) is 1. The number of carboxylic acid groups (broad SMARTS) is 1. The van der Waals surface area contributed by atoms with Gasteiger partial charge in [0, 0.05) is 12.8 Å². The van der Waals surface area contributed by atoms with Crippen molar-refractivity contribution < 1.29 is 14.6 Å². The Bertz CT molecular complexity index is 384. The molecule has 1 aliphatic carbocycles. The van der Waals surface area contributed by atoms with Crippen molar-refractivity contribution in [1.29, 1.82) is 0 Å². The van der Waals surface area contributed by atoms with E-state index in [1.54, 1.807) is 0 Å². The Kier molecular flexibility index (Phi) is 2.72. The standard InChI is InChI=1S/C13H16O3/c1-9(2)16-13(12(14)15)7-10-5-3-4-6-11(10)8-13/h3-6,9H,7-8H2,1-2H3,(H,14,15). The number of ether oxygens (including phenoxy) is 1. The fraction of sp³-hybridized carbons (Fsp3) is 0.462. The van der Waals surface area contributed by atoms with Crippen LogP contribution in [0.1, 0.15) is 25.0 Å². The van der Waals surface area contributed by atoms with E-state index in [1.807, 2.05) is 38.1 Å². The second-order valence-electron chi connectivity index (χ2n) is 4.59. The summed E-state index contributed by atoms with van der Waals surface area (Å²) in [7, 11) is 0. The minimum absolute atomic E-state index is 0.0783. The van der Waals surface area contributed by atoms with Gasteiger partial charge >= 0.3 is 5.97 Å². The lowest BCUT2D eigenvalue weighted by Crippen LogP contribution is -2.44. The molecule has 0 unspecified atom stereocenters. The summed E-state index contributed by atoms with van der Waals surface area (Å²) in [4.78, 5) is 11.4. The highest BCUT2D eigenvalue weighted by Gasteiger charge is 2.45. The van der Waals surface area contributed by atoms with Gasteiger partial charge in [-0.2, -0.15) is 0 Å². The Morgan fingerprint density at radius 1 is 1.31 bits per heavy atom. The van der Waals surface area contributed by atoms with Crippen LogP contribution in [-0.4, -0.2) is 22.8 Å². The Morgan fingerprint density at radius 2 is 1.81 bits per heavy atom. The van der Waals surface area contributed by atoms with E-state index in [0.29, 0.717) is 12.8 Å². The van der Waals surface area contributed by atoms with Crippen molar-refractivity contribution in [3.05, 3.63) is 35.4 Å². The molecule has 3 heteroatoms. The maximum Gasteiger partial charge on any atom is 0.336 e. The van der Waals surface area contributed by atoms with Crippen LogP contribution in [0, 0.1) is 0 Å². The molecule has 0 spiro atoms. The highest BCUT2D eigenvalue weighted by Crippen LogP contribution is 2.34. The topological polar surface area (TPSA) is 46.5 Å². The third kappa shape index (κ3) is 1.83. The van der Waals surface area contributed by atoms with E-state index in [9.17, 15) is 9.90 Å². The SMILES string of the molecule is CC(C)OC1(C(=O)O)Cc2ccccc2C1. The van der Waals surface area contributed by atoms with Gasteiger partial charge in [0.1, 0.15) is 0 Å². The predicted octanol–water partition coefficient (Wildman–Crippen LogP) is 2.03. The molecule has 0 amide bonds. The smallest absolute Gasteiger partial charge is 0.336 e. The van der Waals surface area contributed by atoms with Crippen molar-refractivity contribution in [2.24, 2.45) is 0 Å². The summed E-state index contributed by atoms with van der Waals surface area (Å²) in [5.41, 5.74) is 1.12. The second kappa shape index (κ2) is 3.91. The average molecular weight is 220 g/mol. The first kappa shape index (κ1) is 11.1. The maximum atomic E-state index is 11.4. The lowest BCUT2D eigenvalue weighted by atomic mass is 10.00. The van der Waals surface area contributed by atoms with Crippen molar-refractivity contribution in [3.63, 3.8) is 0 Å². The van der Waals surface area contributed by atoms with Gasteiger partial charge in [0.2, 0.25) is 0 Å². The summed E-state index contributed by atoms with van der Waals surface area (Å²) >= 11 is 0. The van der Waals surface area contributed by atoms with Crippen LogP contribution in [0.4, 0.5) is 0 Å². The molecular formula is C13H16O3. The summed E-state index contributed by atoms with van der Waals surface area (Å²) in [5, 5.41) is 9.36. The molecule has 0 radical (unpaired) electrons. The number of aliphatic carboxylic acids is 1. The van der Waals surface area contributed by atoms with Gasteiger partial charge < -0.3 is 9.84 Å². The van der Waals surface area contributed by atoms with Crippen LogP contribution in [-0.2, 0) is 22.4 Å². The van der Waals surface area contributed by atoms with Crippen LogP contribution < -0.4 is 0 Å². The maximum absolute atomic E-state index is 11.4. The molecule has 2 rings (SSSR count). The summed E-state index contributed by atoms with van der Waals surface area (Å²) in [6, 6.07) is 7.83. The highest BCUT2D eigenvalue weighted by atomic mass is 16.5. The molecule has 1 aromatic carbocycles. The van der Waals surface area contributed by atoms with Crippen LogP contribution in [0.2, 0.25) is 0 Å². The molecule has 0 saturated heterocycles. The van der Waals surface area contributed by atoms with E-state index < -0.39 is 11.6 Å². The molecule has 86 valence electrons. The second-order valence-corrected chi connectivity index (χ2v) is 4.59. The third-order valence-corrected chi connectivity index (χ3v) is 2.92. The molecule has 0 aliphatic heterocycles. The Hall–Kier alpha value is -1.35. The zero-order chi connectivity index (χ0) is 11.8. The first-order chi connectivity index (χ1) is 7.53. The van der Waals surface area contributed by atoms with E-state index in [2.05, 4.69) is 0 Å². The fourth-order valence-corrected chi connectivity index (χ4v) is 2.32. The number of fused-ring (bicyclic) bond motifs is 1. The first-order valence-corrected chi connectivity index (χ1v) is 5.51. The molecule has 1 aliphatic rings. The van der Waals surface area contributed by atoms with Crippen molar-refractivity contribution in [3.8, 4) is 0 Å². The van der Waals surface area contributed by atoms with E-state index in [1.165, 1.54) is 0 Å². The quantitative estimate of drug-likeness (QED) is 0.847. The summed E-state index contributed by atoms with van der Waals surface area (Å²) in [6.45, 7) is 3.74. The van der Waals surface area contributed by atoms with Crippen LogP contribution in [0.25, 0.3) is 0 Å². The first-order valence-electron chi connectivity index (χ1n) is 5.51. The summed E-state index contributed by atoms with van der Waals surface area (Å²) < 4.78 is 5.64. The number of hydrogen-bond acceptors (Lipinski definition) is 2. The van der Waals surface area contributed by atoms with Gasteiger partial charge in [0.25, 0.3) is 0 Å². The van der Waals surface area contributed by atoms with Crippen molar-refractivity contribution in [2.75, 3.05) is 0 Å². The van der Waals surface area contributed by atoms with Crippen LogP contribution >= 0.6 is 0 Å². The van der Waals surface area contributed by atoms with Gasteiger partial charge in [0.05, 0.1) is 6.10 Å². The molecule has 0 heterocycles. The molecule has 1 N–H and O–H groups in total. The number of benzene rings is 1. The van der Waals surface area contributed by atoms with E-state index in [-0.39, 0.29) is 6.10 Å².